The summed E-state index contributed by atoms with van der Waals surface area (Å²) in [7, 11) is 0. The Labute approximate surface area is 179 Å². The second kappa shape index (κ2) is 8.43. The second-order valence-corrected chi connectivity index (χ2v) is 7.75. The molecule has 3 rings (SSSR count). The van der Waals surface area contributed by atoms with Gasteiger partial charge in [-0.15, -0.1) is 0 Å². The van der Waals surface area contributed by atoms with Crippen LogP contribution in [0.2, 0.25) is 10.0 Å². The van der Waals surface area contributed by atoms with Crippen molar-refractivity contribution in [1.82, 2.24) is 15.5 Å². The van der Waals surface area contributed by atoms with Gasteiger partial charge in [0.1, 0.15) is 12.1 Å². The quantitative estimate of drug-likeness (QED) is 0.674. The third kappa shape index (κ3) is 4.09. The summed E-state index contributed by atoms with van der Waals surface area (Å²) in [5, 5.41) is 6.45. The fourth-order valence-electron chi connectivity index (χ4n) is 3.49. The predicted molar refractivity (Wildman–Crippen MR) is 112 cm³/mol. The number of hydrogen-bond acceptors (Lipinski definition) is 3. The topological polar surface area (TPSA) is 78.5 Å². The highest BCUT2D eigenvalue weighted by Gasteiger charge is 2.51. The zero-order valence-electron chi connectivity index (χ0n) is 16.0. The molecule has 6 nitrogen and oxygen atoms in total. The second-order valence-electron chi connectivity index (χ2n) is 6.90. The largest absolute Gasteiger partial charge is 0.348 e. The minimum atomic E-state index is -1.16. The van der Waals surface area contributed by atoms with Crippen molar-refractivity contribution in [2.75, 3.05) is 6.54 Å². The van der Waals surface area contributed by atoms with E-state index in [0.717, 1.165) is 4.90 Å². The number of carbonyl (C=O) groups is 3. The first-order chi connectivity index (χ1) is 13.8. The molecule has 0 aliphatic carbocycles. The molecular weight excluding hydrogens is 413 g/mol. The average Bonchev–Trinajstić information content (AvgIpc) is 2.93. The Morgan fingerprint density at radius 2 is 1.86 bits per heavy atom. The van der Waals surface area contributed by atoms with E-state index < -0.39 is 29.4 Å². The van der Waals surface area contributed by atoms with E-state index in [1.165, 1.54) is 0 Å². The molecule has 1 aliphatic rings. The fraction of sp³-hybridized carbons (Fsp3) is 0.286. The van der Waals surface area contributed by atoms with Gasteiger partial charge in [0.25, 0.3) is 5.91 Å². The molecule has 2 aromatic rings. The Kier molecular flexibility index (Phi) is 6.15. The van der Waals surface area contributed by atoms with Crippen LogP contribution in [0.4, 0.5) is 4.79 Å². The maximum absolute atomic E-state index is 13.1. The van der Waals surface area contributed by atoms with Gasteiger partial charge >= 0.3 is 6.03 Å². The van der Waals surface area contributed by atoms with Crippen LogP contribution in [0.25, 0.3) is 0 Å². The number of hydrogen-bond donors (Lipinski definition) is 2. The summed E-state index contributed by atoms with van der Waals surface area (Å²) in [5.41, 5.74) is 0.211. The van der Waals surface area contributed by atoms with Crippen molar-refractivity contribution in [3.8, 4) is 0 Å². The third-order valence-corrected chi connectivity index (χ3v) is 5.64. The van der Waals surface area contributed by atoms with E-state index in [1.54, 1.807) is 49.4 Å². The van der Waals surface area contributed by atoms with Crippen LogP contribution in [0.5, 0.6) is 0 Å². The van der Waals surface area contributed by atoms with Crippen molar-refractivity contribution in [2.45, 2.75) is 31.8 Å². The van der Waals surface area contributed by atoms with Crippen LogP contribution in [0.3, 0.4) is 0 Å². The number of amides is 4. The number of nitrogens with one attached hydrogen (secondary N) is 2. The molecule has 2 atom stereocenters. The highest BCUT2D eigenvalue weighted by molar-refractivity contribution is 6.35. The minimum absolute atomic E-state index is 0.372. The van der Waals surface area contributed by atoms with Crippen LogP contribution in [-0.2, 0) is 15.1 Å². The van der Waals surface area contributed by atoms with Crippen molar-refractivity contribution in [1.29, 1.82) is 0 Å². The van der Waals surface area contributed by atoms with E-state index in [4.69, 9.17) is 23.2 Å². The summed E-state index contributed by atoms with van der Waals surface area (Å²) in [6.07, 6.45) is 0.372. The first-order valence-corrected chi connectivity index (χ1v) is 9.98. The molecule has 0 aromatic heterocycles. The number of nitrogens with zero attached hydrogens (tertiary/aromatic N) is 1. The minimum Gasteiger partial charge on any atom is -0.348 e. The molecule has 1 saturated heterocycles. The molecule has 2 aromatic carbocycles. The van der Waals surface area contributed by atoms with Crippen molar-refractivity contribution in [2.24, 2.45) is 0 Å². The summed E-state index contributed by atoms with van der Waals surface area (Å²) < 4.78 is 0. The van der Waals surface area contributed by atoms with Crippen LogP contribution in [0.15, 0.2) is 48.5 Å². The summed E-state index contributed by atoms with van der Waals surface area (Å²) >= 11 is 12.1. The average molecular weight is 434 g/mol. The van der Waals surface area contributed by atoms with Crippen molar-refractivity contribution < 1.29 is 14.4 Å². The van der Waals surface area contributed by atoms with E-state index >= 15 is 0 Å². The van der Waals surface area contributed by atoms with Gasteiger partial charge in [-0.05, 0) is 36.6 Å². The standard InChI is InChI=1S/C21H21Cl2N3O3/c1-3-21(14-7-5-4-6-8-14)19(28)26(20(29)25-21)12-18(27)24-13(2)16-10-9-15(22)11-17(16)23/h4-11,13H,3,12H2,1-2H3,(H,24,27)(H,25,29)/t13-,21+/m1/s1. The van der Waals surface area contributed by atoms with Gasteiger partial charge < -0.3 is 10.6 Å². The molecule has 8 heteroatoms. The molecule has 0 unspecified atom stereocenters. The van der Waals surface area contributed by atoms with E-state index in [9.17, 15) is 14.4 Å². The van der Waals surface area contributed by atoms with Gasteiger partial charge in [0.05, 0.1) is 6.04 Å². The number of urea groups is 1. The van der Waals surface area contributed by atoms with E-state index in [0.29, 0.717) is 27.6 Å². The molecule has 1 heterocycles. The molecular formula is C21H21Cl2N3O3. The van der Waals surface area contributed by atoms with Gasteiger partial charge in [0.2, 0.25) is 5.91 Å². The SMILES string of the molecule is CC[C@@]1(c2ccccc2)NC(=O)N(CC(=O)N[C@H](C)c2ccc(Cl)cc2Cl)C1=O. The normalized spacial score (nSPS) is 19.8. The number of halogens is 2. The van der Waals surface area contributed by atoms with Crippen molar-refractivity contribution in [3.63, 3.8) is 0 Å². The zero-order valence-corrected chi connectivity index (χ0v) is 17.6. The molecule has 0 saturated carbocycles. The van der Waals surface area contributed by atoms with Crippen LogP contribution < -0.4 is 10.6 Å². The molecule has 29 heavy (non-hydrogen) atoms. The third-order valence-electron chi connectivity index (χ3n) is 5.08. The van der Waals surface area contributed by atoms with Crippen LogP contribution >= 0.6 is 23.2 Å². The fourth-order valence-corrected chi connectivity index (χ4v) is 4.07. The zero-order chi connectivity index (χ0) is 21.2. The number of rotatable bonds is 6. The summed E-state index contributed by atoms with van der Waals surface area (Å²) in [5.74, 6) is -0.907. The lowest BCUT2D eigenvalue weighted by molar-refractivity contribution is -0.135. The Morgan fingerprint density at radius 1 is 1.17 bits per heavy atom. The molecule has 152 valence electrons. The smallest absolute Gasteiger partial charge is 0.325 e. The van der Waals surface area contributed by atoms with Crippen LogP contribution in [-0.4, -0.2) is 29.3 Å². The maximum atomic E-state index is 13.1. The van der Waals surface area contributed by atoms with E-state index in [1.807, 2.05) is 13.0 Å². The predicted octanol–water partition coefficient (Wildman–Crippen LogP) is 4.03. The van der Waals surface area contributed by atoms with Gasteiger partial charge in [-0.25, -0.2) is 4.79 Å². The van der Waals surface area contributed by atoms with Gasteiger partial charge in [-0.1, -0.05) is 66.5 Å². The summed E-state index contributed by atoms with van der Waals surface area (Å²) in [4.78, 5) is 39.1. The molecule has 0 spiro atoms. The summed E-state index contributed by atoms with van der Waals surface area (Å²) in [6.45, 7) is 3.20. The Hall–Kier alpha value is -2.57. The lowest BCUT2D eigenvalue weighted by Crippen LogP contribution is -2.45. The summed E-state index contributed by atoms with van der Waals surface area (Å²) in [6, 6.07) is 13.0. The lowest BCUT2D eigenvalue weighted by Gasteiger charge is -2.25. The van der Waals surface area contributed by atoms with Gasteiger partial charge in [-0.2, -0.15) is 0 Å². The molecule has 1 aliphatic heterocycles. The molecule has 0 bridgehead atoms. The number of imide groups is 1. The maximum Gasteiger partial charge on any atom is 0.325 e. The van der Waals surface area contributed by atoms with Crippen molar-refractivity contribution >= 4 is 41.0 Å². The van der Waals surface area contributed by atoms with E-state index in [2.05, 4.69) is 10.6 Å². The Balaban J connectivity index is 1.73. The first-order valence-electron chi connectivity index (χ1n) is 9.22. The number of carbonyl (C=O) groups excluding carboxylic acids is 3. The highest BCUT2D eigenvalue weighted by Crippen LogP contribution is 2.32. The van der Waals surface area contributed by atoms with Gasteiger partial charge in [0, 0.05) is 10.0 Å². The molecule has 2 N–H and O–H groups in total. The van der Waals surface area contributed by atoms with Crippen molar-refractivity contribution in [3.05, 3.63) is 69.7 Å². The Morgan fingerprint density at radius 3 is 2.48 bits per heavy atom. The van der Waals surface area contributed by atoms with E-state index in [-0.39, 0.29) is 6.54 Å². The molecule has 0 radical (unpaired) electrons. The van der Waals surface area contributed by atoms with Gasteiger partial charge in [0.15, 0.2) is 0 Å². The van der Waals surface area contributed by atoms with Gasteiger partial charge in [-0.3, -0.25) is 14.5 Å². The lowest BCUT2D eigenvalue weighted by atomic mass is 9.87. The molecule has 4 amide bonds. The number of benzene rings is 2. The molecule has 1 fully saturated rings. The first kappa shape index (κ1) is 21.1. The van der Waals surface area contributed by atoms with Crippen LogP contribution in [0, 0.1) is 0 Å². The Bertz CT molecular complexity index is 951. The highest BCUT2D eigenvalue weighted by atomic mass is 35.5. The van der Waals surface area contributed by atoms with Crippen LogP contribution in [0.1, 0.15) is 37.4 Å². The monoisotopic (exact) mass is 433 g/mol.